The summed E-state index contributed by atoms with van der Waals surface area (Å²) >= 11 is 0. The van der Waals surface area contributed by atoms with E-state index in [2.05, 4.69) is 22.2 Å². The van der Waals surface area contributed by atoms with Gasteiger partial charge in [0.15, 0.2) is 0 Å². The van der Waals surface area contributed by atoms with Crippen LogP contribution in [-0.2, 0) is 27.2 Å². The highest BCUT2D eigenvalue weighted by molar-refractivity contribution is 6.04. The third-order valence-corrected chi connectivity index (χ3v) is 6.20. The Morgan fingerprint density at radius 3 is 2.66 bits per heavy atom. The van der Waals surface area contributed by atoms with Crippen LogP contribution in [-0.4, -0.2) is 74.0 Å². The lowest BCUT2D eigenvalue weighted by Crippen LogP contribution is -2.35. The average molecular weight is 479 g/mol. The predicted molar refractivity (Wildman–Crippen MR) is 136 cm³/mol. The predicted octanol–water partition coefficient (Wildman–Crippen LogP) is 3.31. The van der Waals surface area contributed by atoms with Crippen LogP contribution in [0.3, 0.4) is 0 Å². The molecule has 1 fully saturated rings. The molecule has 4 rings (SSSR count). The Kier molecular flexibility index (Phi) is 8.86. The quantitative estimate of drug-likeness (QED) is 0.338. The van der Waals surface area contributed by atoms with Gasteiger partial charge in [-0.1, -0.05) is 31.5 Å². The minimum Gasteiger partial charge on any atom is -0.465 e. The normalized spacial score (nSPS) is 16.2. The SMILES string of the molecule is CCCCOC(=O)CN1CCc2cc(C(=O)Nc3ccc(C=NN4CCOCC4)cc3)ccc2C1. The minimum atomic E-state index is -0.170. The number of hydrogen-bond donors (Lipinski definition) is 1. The van der Waals surface area contributed by atoms with E-state index in [0.717, 1.165) is 61.3 Å². The van der Waals surface area contributed by atoms with Crippen LogP contribution in [0, 0.1) is 0 Å². The molecule has 2 aliphatic heterocycles. The highest BCUT2D eigenvalue weighted by Gasteiger charge is 2.20. The molecule has 35 heavy (non-hydrogen) atoms. The molecule has 0 radical (unpaired) electrons. The van der Waals surface area contributed by atoms with Crippen molar-refractivity contribution in [3.63, 3.8) is 0 Å². The van der Waals surface area contributed by atoms with Crippen LogP contribution >= 0.6 is 0 Å². The molecule has 0 aliphatic carbocycles. The Morgan fingerprint density at radius 2 is 1.89 bits per heavy atom. The van der Waals surface area contributed by atoms with E-state index in [0.29, 0.717) is 38.5 Å². The first-order valence-electron chi connectivity index (χ1n) is 12.4. The molecule has 186 valence electrons. The van der Waals surface area contributed by atoms with E-state index in [1.807, 2.05) is 53.7 Å². The molecule has 2 aromatic carbocycles. The van der Waals surface area contributed by atoms with Gasteiger partial charge in [0.1, 0.15) is 0 Å². The lowest BCUT2D eigenvalue weighted by Gasteiger charge is -2.28. The Morgan fingerprint density at radius 1 is 1.09 bits per heavy atom. The third-order valence-electron chi connectivity index (χ3n) is 6.20. The molecular formula is C27H34N4O4. The van der Waals surface area contributed by atoms with Crippen LogP contribution in [0.1, 0.15) is 46.8 Å². The van der Waals surface area contributed by atoms with Gasteiger partial charge in [0.2, 0.25) is 0 Å². The van der Waals surface area contributed by atoms with Crippen molar-refractivity contribution in [2.45, 2.75) is 32.7 Å². The summed E-state index contributed by atoms with van der Waals surface area (Å²) in [5.41, 5.74) is 4.65. The van der Waals surface area contributed by atoms with Crippen molar-refractivity contribution in [2.75, 3.05) is 51.3 Å². The number of amides is 1. The first-order chi connectivity index (χ1) is 17.1. The van der Waals surface area contributed by atoms with Crippen LogP contribution in [0.25, 0.3) is 0 Å². The molecule has 0 aromatic heterocycles. The molecule has 8 nitrogen and oxygen atoms in total. The minimum absolute atomic E-state index is 0.135. The van der Waals surface area contributed by atoms with Gasteiger partial charge in [0.05, 0.1) is 45.7 Å². The van der Waals surface area contributed by atoms with Crippen LogP contribution in [0.5, 0.6) is 0 Å². The Hall–Kier alpha value is -3.23. The van der Waals surface area contributed by atoms with E-state index in [9.17, 15) is 9.59 Å². The Balaban J connectivity index is 1.29. The van der Waals surface area contributed by atoms with Gasteiger partial charge < -0.3 is 14.8 Å². The van der Waals surface area contributed by atoms with Crippen molar-refractivity contribution in [1.29, 1.82) is 0 Å². The number of esters is 1. The highest BCUT2D eigenvalue weighted by atomic mass is 16.5. The number of hydrazone groups is 1. The summed E-state index contributed by atoms with van der Waals surface area (Å²) in [6.07, 6.45) is 4.53. The summed E-state index contributed by atoms with van der Waals surface area (Å²) in [6, 6.07) is 13.4. The molecule has 0 unspecified atom stereocenters. The maximum absolute atomic E-state index is 12.8. The Bertz CT molecular complexity index is 1030. The van der Waals surface area contributed by atoms with Gasteiger partial charge >= 0.3 is 5.97 Å². The first-order valence-corrected chi connectivity index (χ1v) is 12.4. The van der Waals surface area contributed by atoms with E-state index in [1.165, 1.54) is 0 Å². The second kappa shape index (κ2) is 12.5. The molecule has 0 saturated carbocycles. The van der Waals surface area contributed by atoms with Gasteiger partial charge in [0, 0.05) is 24.3 Å². The van der Waals surface area contributed by atoms with Crippen molar-refractivity contribution in [2.24, 2.45) is 5.10 Å². The number of benzene rings is 2. The van der Waals surface area contributed by atoms with Crippen molar-refractivity contribution >= 4 is 23.8 Å². The molecule has 1 saturated heterocycles. The number of ether oxygens (including phenoxy) is 2. The fourth-order valence-corrected chi connectivity index (χ4v) is 4.12. The largest absolute Gasteiger partial charge is 0.465 e. The summed E-state index contributed by atoms with van der Waals surface area (Å²) in [5.74, 6) is -0.305. The zero-order chi connectivity index (χ0) is 24.5. The second-order valence-corrected chi connectivity index (χ2v) is 8.90. The van der Waals surface area contributed by atoms with Crippen LogP contribution in [0.15, 0.2) is 47.6 Å². The van der Waals surface area contributed by atoms with Gasteiger partial charge in [-0.05, 0) is 53.8 Å². The van der Waals surface area contributed by atoms with E-state index < -0.39 is 0 Å². The fourth-order valence-electron chi connectivity index (χ4n) is 4.12. The van der Waals surface area contributed by atoms with Gasteiger partial charge in [-0.25, -0.2) is 0 Å². The fraction of sp³-hybridized carbons (Fsp3) is 0.444. The lowest BCUT2D eigenvalue weighted by molar-refractivity contribution is -0.145. The van der Waals surface area contributed by atoms with Gasteiger partial charge in [-0.3, -0.25) is 19.5 Å². The molecule has 2 aliphatic rings. The van der Waals surface area contributed by atoms with E-state index in [-0.39, 0.29) is 11.9 Å². The van der Waals surface area contributed by atoms with Crippen LogP contribution in [0.2, 0.25) is 0 Å². The zero-order valence-corrected chi connectivity index (χ0v) is 20.4. The van der Waals surface area contributed by atoms with Crippen LogP contribution < -0.4 is 5.32 Å². The van der Waals surface area contributed by atoms with Gasteiger partial charge in [-0.15, -0.1) is 0 Å². The van der Waals surface area contributed by atoms with Crippen molar-refractivity contribution in [3.8, 4) is 0 Å². The smallest absolute Gasteiger partial charge is 0.320 e. The number of anilines is 1. The standard InChI is InChI=1S/C27H34N4O4/c1-2-3-14-35-26(32)20-30-11-10-22-17-23(6-7-24(22)19-30)27(33)29-25-8-4-21(5-9-25)18-28-31-12-15-34-16-13-31/h4-9,17-18H,2-3,10-16,19-20H2,1H3,(H,29,33). The van der Waals surface area contributed by atoms with Gasteiger partial charge in [-0.2, -0.15) is 5.10 Å². The number of morpholine rings is 1. The topological polar surface area (TPSA) is 83.5 Å². The lowest BCUT2D eigenvalue weighted by atomic mass is 9.97. The number of hydrogen-bond acceptors (Lipinski definition) is 7. The molecule has 2 heterocycles. The maximum atomic E-state index is 12.8. The zero-order valence-electron chi connectivity index (χ0n) is 20.4. The summed E-state index contributed by atoms with van der Waals surface area (Å²) in [4.78, 5) is 26.9. The summed E-state index contributed by atoms with van der Waals surface area (Å²) < 4.78 is 10.6. The van der Waals surface area contributed by atoms with E-state index in [4.69, 9.17) is 9.47 Å². The van der Waals surface area contributed by atoms with E-state index in [1.54, 1.807) is 0 Å². The highest BCUT2D eigenvalue weighted by Crippen LogP contribution is 2.21. The molecule has 0 atom stereocenters. The number of carbonyl (C=O) groups is 2. The maximum Gasteiger partial charge on any atom is 0.320 e. The van der Waals surface area contributed by atoms with Crippen LogP contribution in [0.4, 0.5) is 5.69 Å². The number of carbonyl (C=O) groups excluding carboxylic acids is 2. The van der Waals surface area contributed by atoms with Crippen molar-refractivity contribution < 1.29 is 19.1 Å². The average Bonchev–Trinajstić information content (AvgIpc) is 2.88. The molecule has 0 bridgehead atoms. The second-order valence-electron chi connectivity index (χ2n) is 8.90. The molecular weight excluding hydrogens is 444 g/mol. The summed E-state index contributed by atoms with van der Waals surface area (Å²) in [7, 11) is 0. The molecule has 0 spiro atoms. The third kappa shape index (κ3) is 7.37. The molecule has 8 heteroatoms. The molecule has 1 N–H and O–H groups in total. The molecule has 2 aromatic rings. The van der Waals surface area contributed by atoms with Crippen molar-refractivity contribution in [3.05, 3.63) is 64.7 Å². The number of fused-ring (bicyclic) bond motifs is 1. The first kappa shape index (κ1) is 24.9. The van der Waals surface area contributed by atoms with E-state index >= 15 is 0 Å². The molecule has 1 amide bonds. The van der Waals surface area contributed by atoms with Crippen molar-refractivity contribution in [1.82, 2.24) is 9.91 Å². The monoisotopic (exact) mass is 478 g/mol. The van der Waals surface area contributed by atoms with Gasteiger partial charge in [0.25, 0.3) is 5.91 Å². The summed E-state index contributed by atoms with van der Waals surface area (Å²) in [5, 5.41) is 9.45. The number of nitrogens with zero attached hydrogens (tertiary/aromatic N) is 3. The summed E-state index contributed by atoms with van der Waals surface area (Å²) in [6.45, 7) is 7.34. The number of unbranched alkanes of at least 4 members (excludes halogenated alkanes) is 1. The Labute approximate surface area is 206 Å². The number of nitrogens with one attached hydrogen (secondary N) is 1. The number of rotatable bonds is 9.